The van der Waals surface area contributed by atoms with Crippen LogP contribution in [0.5, 0.6) is 0 Å². The summed E-state index contributed by atoms with van der Waals surface area (Å²) < 4.78 is 22.0. The molecule has 6 heteroatoms. The molecule has 1 saturated heterocycles. The number of hydrogen-bond donors (Lipinski definition) is 2. The molecule has 0 atom stereocenters. The summed E-state index contributed by atoms with van der Waals surface area (Å²) in [6.45, 7) is 15.3. The Morgan fingerprint density at radius 1 is 0.842 bits per heavy atom. The van der Waals surface area contributed by atoms with Crippen LogP contribution in [0.2, 0.25) is 0 Å². The summed E-state index contributed by atoms with van der Waals surface area (Å²) >= 11 is 0. The molecule has 0 aromatic heterocycles. The van der Waals surface area contributed by atoms with Crippen molar-refractivity contribution < 1.29 is 23.8 Å². The Bertz CT molecular complexity index is 328. The van der Waals surface area contributed by atoms with Crippen LogP contribution >= 0.6 is 7.60 Å². The lowest BCUT2D eigenvalue weighted by molar-refractivity contribution is -0.107. The van der Waals surface area contributed by atoms with Crippen molar-refractivity contribution in [1.29, 1.82) is 0 Å². The molecule has 19 heavy (non-hydrogen) atoms. The normalized spacial score (nSPS) is 24.6. The first-order chi connectivity index (χ1) is 7.91. The lowest BCUT2D eigenvalue weighted by atomic mass is 9.90. The second kappa shape index (κ2) is 5.12. The van der Waals surface area contributed by atoms with Gasteiger partial charge in [-0.05, 0) is 55.4 Å². The van der Waals surface area contributed by atoms with Gasteiger partial charge >= 0.3 is 7.60 Å². The average molecular weight is 296 g/mol. The first kappa shape index (κ1) is 19.1. The van der Waals surface area contributed by atoms with Crippen LogP contribution in [-0.4, -0.2) is 39.3 Å². The molecular formula is C13H29O5P. The largest absolute Gasteiger partial charge is 0.387 e. The highest BCUT2D eigenvalue weighted by Gasteiger charge is 2.53. The number of aliphatic hydroxyl groups is 2. The topological polar surface area (TPSA) is 76.0 Å². The second-order valence-electron chi connectivity index (χ2n) is 7.09. The van der Waals surface area contributed by atoms with Gasteiger partial charge in [-0.2, -0.15) is 0 Å². The maximum absolute atomic E-state index is 11.4. The Morgan fingerprint density at radius 2 is 1.05 bits per heavy atom. The van der Waals surface area contributed by atoms with Gasteiger partial charge in [-0.25, -0.2) is 0 Å². The van der Waals surface area contributed by atoms with Gasteiger partial charge in [0.1, 0.15) is 11.2 Å². The molecule has 0 aromatic rings. The highest BCUT2D eigenvalue weighted by molar-refractivity contribution is 7.53. The van der Waals surface area contributed by atoms with Gasteiger partial charge in [-0.1, -0.05) is 0 Å². The summed E-state index contributed by atoms with van der Waals surface area (Å²) in [5.74, 6) is 0. The van der Waals surface area contributed by atoms with E-state index < -0.39 is 30.0 Å². The molecule has 5 nitrogen and oxygen atoms in total. The molecule has 2 N–H and O–H groups in total. The van der Waals surface area contributed by atoms with E-state index in [2.05, 4.69) is 0 Å². The summed E-state index contributed by atoms with van der Waals surface area (Å²) in [6.07, 6.45) is 0. The zero-order valence-electron chi connectivity index (χ0n) is 13.6. The van der Waals surface area contributed by atoms with E-state index in [1.165, 1.54) is 6.66 Å². The predicted molar refractivity (Wildman–Crippen MR) is 76.5 cm³/mol. The van der Waals surface area contributed by atoms with Crippen LogP contribution < -0.4 is 0 Å². The molecule has 0 bridgehead atoms. The van der Waals surface area contributed by atoms with E-state index in [4.69, 9.17) is 19.3 Å². The first-order valence-corrected chi connectivity index (χ1v) is 8.34. The van der Waals surface area contributed by atoms with E-state index in [0.29, 0.717) is 0 Å². The van der Waals surface area contributed by atoms with Crippen LogP contribution in [0.1, 0.15) is 55.4 Å². The Balaban J connectivity index is 0.000000362. The van der Waals surface area contributed by atoms with Crippen LogP contribution in [0.3, 0.4) is 0 Å². The summed E-state index contributed by atoms with van der Waals surface area (Å²) in [5.41, 5.74) is -2.94. The fourth-order valence-electron chi connectivity index (χ4n) is 1.07. The summed E-state index contributed by atoms with van der Waals surface area (Å²) in [5, 5.41) is 18.2. The fourth-order valence-corrected chi connectivity index (χ4v) is 3.20. The SMILES string of the molecule is CC(C)(O)C(C)(C)O.CC1(C)OP(C)(=O)OC1(C)C. The van der Waals surface area contributed by atoms with Crippen molar-refractivity contribution in [2.75, 3.05) is 6.66 Å². The quantitative estimate of drug-likeness (QED) is 0.728. The molecule has 0 radical (unpaired) electrons. The molecular weight excluding hydrogens is 267 g/mol. The van der Waals surface area contributed by atoms with Crippen LogP contribution in [0, 0.1) is 0 Å². The van der Waals surface area contributed by atoms with Crippen LogP contribution in [0.15, 0.2) is 0 Å². The molecule has 1 fully saturated rings. The summed E-state index contributed by atoms with van der Waals surface area (Å²) in [6, 6.07) is 0. The van der Waals surface area contributed by atoms with E-state index in [-0.39, 0.29) is 0 Å². The summed E-state index contributed by atoms with van der Waals surface area (Å²) in [4.78, 5) is 0. The molecule has 1 rings (SSSR count). The Hall–Kier alpha value is 0.0700. The minimum absolute atomic E-state index is 0.461. The highest BCUT2D eigenvalue weighted by atomic mass is 31.2. The van der Waals surface area contributed by atoms with Crippen molar-refractivity contribution in [3.63, 3.8) is 0 Å². The molecule has 0 aliphatic carbocycles. The maximum Gasteiger partial charge on any atom is 0.328 e. The minimum Gasteiger partial charge on any atom is -0.387 e. The van der Waals surface area contributed by atoms with Crippen LogP contribution in [0.4, 0.5) is 0 Å². The van der Waals surface area contributed by atoms with Gasteiger partial charge in [0.05, 0.1) is 11.2 Å². The zero-order chi connectivity index (χ0) is 15.9. The first-order valence-electron chi connectivity index (χ1n) is 6.35. The van der Waals surface area contributed by atoms with Gasteiger partial charge in [-0.3, -0.25) is 13.6 Å². The standard InChI is InChI=1S/C7H15O3P.C6H14O2/c1-6(2)7(3,4)10-11(5,8)9-6;1-5(2,7)6(3,4)8/h1-5H3;7-8H,1-4H3. The van der Waals surface area contributed by atoms with E-state index in [0.717, 1.165) is 0 Å². The monoisotopic (exact) mass is 296 g/mol. The predicted octanol–water partition coefficient (Wildman–Crippen LogP) is 2.94. The molecule has 116 valence electrons. The van der Waals surface area contributed by atoms with Crippen molar-refractivity contribution in [2.45, 2.75) is 77.8 Å². The van der Waals surface area contributed by atoms with Crippen molar-refractivity contribution in [3.05, 3.63) is 0 Å². The summed E-state index contributed by atoms with van der Waals surface area (Å²) in [7, 11) is -2.79. The third-order valence-corrected chi connectivity index (χ3v) is 5.31. The molecule has 0 amide bonds. The van der Waals surface area contributed by atoms with Crippen molar-refractivity contribution in [2.24, 2.45) is 0 Å². The molecule has 0 spiro atoms. The Labute approximate surface area is 116 Å². The van der Waals surface area contributed by atoms with E-state index >= 15 is 0 Å². The van der Waals surface area contributed by atoms with Gasteiger partial charge in [0, 0.05) is 6.66 Å². The molecule has 0 saturated carbocycles. The molecule has 1 heterocycles. The van der Waals surface area contributed by atoms with E-state index in [1.807, 2.05) is 27.7 Å². The Kier molecular flexibility index (Phi) is 5.14. The molecule has 0 aromatic carbocycles. The third-order valence-electron chi connectivity index (χ3n) is 3.74. The molecule has 0 unspecified atom stereocenters. The van der Waals surface area contributed by atoms with Gasteiger partial charge in [0.25, 0.3) is 0 Å². The number of rotatable bonds is 1. The van der Waals surface area contributed by atoms with Gasteiger partial charge in [0.15, 0.2) is 0 Å². The van der Waals surface area contributed by atoms with Gasteiger partial charge in [-0.15, -0.1) is 0 Å². The van der Waals surface area contributed by atoms with E-state index in [9.17, 15) is 4.57 Å². The fraction of sp³-hybridized carbons (Fsp3) is 1.00. The molecule has 1 aliphatic rings. The lowest BCUT2D eigenvalue weighted by Gasteiger charge is -2.31. The van der Waals surface area contributed by atoms with Crippen LogP contribution in [-0.2, 0) is 13.6 Å². The highest BCUT2D eigenvalue weighted by Crippen LogP contribution is 2.61. The van der Waals surface area contributed by atoms with Crippen LogP contribution in [0.25, 0.3) is 0 Å². The van der Waals surface area contributed by atoms with Gasteiger partial charge < -0.3 is 10.2 Å². The smallest absolute Gasteiger partial charge is 0.328 e. The van der Waals surface area contributed by atoms with Crippen molar-refractivity contribution in [1.82, 2.24) is 0 Å². The van der Waals surface area contributed by atoms with Crippen molar-refractivity contribution in [3.8, 4) is 0 Å². The third kappa shape index (κ3) is 5.16. The van der Waals surface area contributed by atoms with E-state index in [1.54, 1.807) is 27.7 Å². The lowest BCUT2D eigenvalue weighted by Crippen LogP contribution is -2.44. The Morgan fingerprint density at radius 3 is 1.11 bits per heavy atom. The van der Waals surface area contributed by atoms with Gasteiger partial charge in [0.2, 0.25) is 0 Å². The average Bonchev–Trinajstić information content (AvgIpc) is 2.08. The van der Waals surface area contributed by atoms with Crippen molar-refractivity contribution >= 4 is 7.60 Å². The number of hydrogen-bond acceptors (Lipinski definition) is 5. The zero-order valence-corrected chi connectivity index (χ0v) is 14.5. The molecule has 1 aliphatic heterocycles. The maximum atomic E-state index is 11.4. The minimum atomic E-state index is -2.79. The second-order valence-corrected chi connectivity index (χ2v) is 9.00.